The predicted molar refractivity (Wildman–Crippen MR) is 91.5 cm³/mol. The maximum absolute atomic E-state index is 13.4. The second kappa shape index (κ2) is 7.56. The first-order valence-corrected chi connectivity index (χ1v) is 9.49. The molecule has 0 spiro atoms. The Kier molecular flexibility index (Phi) is 5.50. The van der Waals surface area contributed by atoms with Gasteiger partial charge in [-0.05, 0) is 19.1 Å². The van der Waals surface area contributed by atoms with Crippen LogP contribution in [-0.2, 0) is 19.0 Å². The molecule has 0 bridgehead atoms. The SMILES string of the molecule is Cc1ccc(S(=O)(=O)OC[C@H]2O[C@@H](n3cc(F)c(=O)[nH]c3=O)[C@H](O)[C@@H]2O)cc1. The molecular weight excluding hydrogens is 399 g/mol. The van der Waals surface area contributed by atoms with Crippen molar-refractivity contribution in [3.8, 4) is 0 Å². The molecule has 3 rings (SSSR count). The summed E-state index contributed by atoms with van der Waals surface area (Å²) < 4.78 is 48.6. The summed E-state index contributed by atoms with van der Waals surface area (Å²) in [6, 6.07) is 5.84. The summed E-state index contributed by atoms with van der Waals surface area (Å²) in [5.41, 5.74) is -1.48. The molecule has 28 heavy (non-hydrogen) atoms. The van der Waals surface area contributed by atoms with E-state index in [9.17, 15) is 32.6 Å². The Labute approximate surface area is 157 Å². The zero-order valence-corrected chi connectivity index (χ0v) is 15.3. The molecule has 1 aromatic heterocycles. The number of aromatic amines is 1. The van der Waals surface area contributed by atoms with Gasteiger partial charge in [-0.2, -0.15) is 12.8 Å². The number of hydrogen-bond acceptors (Lipinski definition) is 8. The summed E-state index contributed by atoms with van der Waals surface area (Å²) in [5, 5.41) is 20.2. The molecule has 1 aromatic carbocycles. The van der Waals surface area contributed by atoms with E-state index in [1.807, 2.05) is 0 Å². The number of halogens is 1. The molecule has 0 aliphatic carbocycles. The zero-order chi connectivity index (χ0) is 20.6. The normalized spacial score (nSPS) is 25.1. The van der Waals surface area contributed by atoms with Crippen molar-refractivity contribution >= 4 is 10.1 Å². The van der Waals surface area contributed by atoms with Crippen LogP contribution in [0, 0.1) is 12.7 Å². The van der Waals surface area contributed by atoms with Gasteiger partial charge in [0.1, 0.15) is 18.3 Å². The first kappa shape index (κ1) is 20.4. The van der Waals surface area contributed by atoms with Crippen LogP contribution in [0.2, 0.25) is 0 Å². The first-order chi connectivity index (χ1) is 13.1. The molecule has 2 heterocycles. The summed E-state index contributed by atoms with van der Waals surface area (Å²) in [4.78, 5) is 24.5. The summed E-state index contributed by atoms with van der Waals surface area (Å²) in [6.45, 7) is 1.12. The van der Waals surface area contributed by atoms with Crippen LogP contribution in [0.1, 0.15) is 11.8 Å². The summed E-state index contributed by atoms with van der Waals surface area (Å²) in [7, 11) is -4.16. The number of aromatic nitrogens is 2. The van der Waals surface area contributed by atoms with Gasteiger partial charge in [0.05, 0.1) is 17.7 Å². The van der Waals surface area contributed by atoms with E-state index in [0.29, 0.717) is 10.8 Å². The van der Waals surface area contributed by atoms with Gasteiger partial charge in [0.25, 0.3) is 15.7 Å². The Balaban J connectivity index is 1.76. The molecule has 12 heteroatoms. The number of benzene rings is 1. The summed E-state index contributed by atoms with van der Waals surface area (Å²) in [6.07, 6.45) is -5.68. The summed E-state index contributed by atoms with van der Waals surface area (Å²) in [5.74, 6) is -1.30. The Morgan fingerprint density at radius 2 is 1.86 bits per heavy atom. The van der Waals surface area contributed by atoms with Crippen molar-refractivity contribution in [2.45, 2.75) is 36.4 Å². The molecule has 0 amide bonds. The van der Waals surface area contributed by atoms with E-state index in [2.05, 4.69) is 0 Å². The van der Waals surface area contributed by atoms with Crippen molar-refractivity contribution in [1.29, 1.82) is 0 Å². The molecule has 1 aliphatic rings. The molecule has 4 atom stereocenters. The highest BCUT2D eigenvalue weighted by Crippen LogP contribution is 2.29. The maximum atomic E-state index is 13.4. The van der Waals surface area contributed by atoms with E-state index >= 15 is 0 Å². The van der Waals surface area contributed by atoms with Crippen LogP contribution in [-0.4, -0.2) is 53.1 Å². The average molecular weight is 416 g/mol. The Morgan fingerprint density at radius 1 is 1.21 bits per heavy atom. The van der Waals surface area contributed by atoms with Crippen molar-refractivity contribution in [2.24, 2.45) is 0 Å². The quantitative estimate of drug-likeness (QED) is 0.526. The van der Waals surface area contributed by atoms with Crippen molar-refractivity contribution in [1.82, 2.24) is 9.55 Å². The third-order valence-corrected chi connectivity index (χ3v) is 5.53. The van der Waals surface area contributed by atoms with Crippen LogP contribution in [0.4, 0.5) is 4.39 Å². The predicted octanol–water partition coefficient (Wildman–Crippen LogP) is -0.991. The molecule has 2 aromatic rings. The third kappa shape index (κ3) is 3.91. The number of aliphatic hydroxyl groups excluding tert-OH is 2. The highest BCUT2D eigenvalue weighted by molar-refractivity contribution is 7.86. The van der Waals surface area contributed by atoms with Gasteiger partial charge in [0, 0.05) is 0 Å². The summed E-state index contributed by atoms with van der Waals surface area (Å²) >= 11 is 0. The van der Waals surface area contributed by atoms with Crippen LogP contribution in [0.25, 0.3) is 0 Å². The lowest BCUT2D eigenvalue weighted by molar-refractivity contribution is -0.0513. The lowest BCUT2D eigenvalue weighted by Crippen LogP contribution is -2.38. The lowest BCUT2D eigenvalue weighted by Gasteiger charge is -2.16. The number of nitrogens with zero attached hydrogens (tertiary/aromatic N) is 1. The Bertz CT molecular complexity index is 1080. The smallest absolute Gasteiger partial charge is 0.330 e. The molecule has 10 nitrogen and oxygen atoms in total. The molecule has 1 fully saturated rings. The van der Waals surface area contributed by atoms with Gasteiger partial charge in [-0.25, -0.2) is 4.79 Å². The molecular formula is C16H17FN2O8S. The lowest BCUT2D eigenvalue weighted by atomic mass is 10.1. The fourth-order valence-corrected chi connectivity index (χ4v) is 3.59. The van der Waals surface area contributed by atoms with Gasteiger partial charge in [0.15, 0.2) is 6.23 Å². The van der Waals surface area contributed by atoms with Crippen molar-refractivity contribution in [2.75, 3.05) is 6.61 Å². The van der Waals surface area contributed by atoms with Gasteiger partial charge in [0.2, 0.25) is 5.82 Å². The second-order valence-electron chi connectivity index (χ2n) is 6.24. The van der Waals surface area contributed by atoms with Crippen molar-refractivity contribution < 1.29 is 31.9 Å². The largest absolute Gasteiger partial charge is 0.387 e. The second-order valence-corrected chi connectivity index (χ2v) is 7.86. The number of rotatable bonds is 5. The van der Waals surface area contributed by atoms with Crippen LogP contribution in [0.3, 0.4) is 0 Å². The number of aliphatic hydroxyl groups is 2. The fourth-order valence-electron chi connectivity index (χ4n) is 2.68. The van der Waals surface area contributed by atoms with Crippen LogP contribution >= 0.6 is 0 Å². The molecule has 0 radical (unpaired) electrons. The first-order valence-electron chi connectivity index (χ1n) is 8.09. The number of ether oxygens (including phenoxy) is 1. The molecule has 1 saturated heterocycles. The average Bonchev–Trinajstić information content (AvgIpc) is 2.92. The third-order valence-electron chi connectivity index (χ3n) is 4.23. The highest BCUT2D eigenvalue weighted by atomic mass is 32.2. The van der Waals surface area contributed by atoms with E-state index in [0.717, 1.165) is 5.56 Å². The number of H-pyrrole nitrogens is 1. The number of nitrogens with one attached hydrogen (secondary N) is 1. The van der Waals surface area contributed by atoms with E-state index < -0.39 is 58.3 Å². The minimum absolute atomic E-state index is 0.110. The van der Waals surface area contributed by atoms with E-state index in [1.54, 1.807) is 24.0 Å². The van der Waals surface area contributed by atoms with Gasteiger partial charge in [-0.1, -0.05) is 17.7 Å². The topological polar surface area (TPSA) is 148 Å². The molecule has 1 aliphatic heterocycles. The molecule has 3 N–H and O–H groups in total. The van der Waals surface area contributed by atoms with Gasteiger partial charge >= 0.3 is 5.69 Å². The van der Waals surface area contributed by atoms with Gasteiger partial charge < -0.3 is 14.9 Å². The highest BCUT2D eigenvalue weighted by Gasteiger charge is 2.45. The minimum atomic E-state index is -4.16. The fraction of sp³-hybridized carbons (Fsp3) is 0.375. The van der Waals surface area contributed by atoms with Gasteiger partial charge in [-0.3, -0.25) is 18.5 Å². The van der Waals surface area contributed by atoms with Gasteiger partial charge in [-0.15, -0.1) is 0 Å². The molecule has 0 unspecified atom stereocenters. The Morgan fingerprint density at radius 3 is 2.50 bits per heavy atom. The van der Waals surface area contributed by atoms with E-state index in [1.165, 1.54) is 12.1 Å². The minimum Gasteiger partial charge on any atom is -0.387 e. The van der Waals surface area contributed by atoms with Crippen LogP contribution in [0.5, 0.6) is 0 Å². The van der Waals surface area contributed by atoms with Crippen LogP contribution in [0.15, 0.2) is 44.9 Å². The maximum Gasteiger partial charge on any atom is 0.330 e. The van der Waals surface area contributed by atoms with Crippen LogP contribution < -0.4 is 11.2 Å². The van der Waals surface area contributed by atoms with E-state index in [4.69, 9.17) is 8.92 Å². The standard InChI is InChI=1S/C16H17FN2O8S/c1-8-2-4-9(5-3-8)28(24,25)26-7-11-12(20)13(21)15(27-11)19-6-10(17)14(22)18-16(19)23/h2-6,11-13,15,20-21H,7H2,1H3,(H,18,22,23)/t11-,12-,13-,15-/m1/s1. The van der Waals surface area contributed by atoms with Crippen molar-refractivity contribution in [3.05, 3.63) is 62.7 Å². The van der Waals surface area contributed by atoms with E-state index in [-0.39, 0.29) is 4.90 Å². The number of hydrogen-bond donors (Lipinski definition) is 3. The number of aryl methyl sites for hydroxylation is 1. The zero-order valence-electron chi connectivity index (χ0n) is 14.5. The monoisotopic (exact) mass is 416 g/mol. The molecule has 0 saturated carbocycles. The Hall–Kier alpha value is -2.38. The molecule has 152 valence electrons. The van der Waals surface area contributed by atoms with Crippen molar-refractivity contribution in [3.63, 3.8) is 0 Å².